The van der Waals surface area contributed by atoms with Crippen molar-refractivity contribution in [3.63, 3.8) is 0 Å². The lowest BCUT2D eigenvalue weighted by molar-refractivity contribution is 0.193. The lowest BCUT2D eigenvalue weighted by Crippen LogP contribution is -2.21. The molecular weight excluding hydrogens is 214 g/mol. The predicted molar refractivity (Wildman–Crippen MR) is 70.6 cm³/mol. The Kier molecular flexibility index (Phi) is 6.01. The van der Waals surface area contributed by atoms with Gasteiger partial charge in [-0.15, -0.1) is 0 Å². The van der Waals surface area contributed by atoms with E-state index in [-0.39, 0.29) is 0 Å². The Hall–Kier alpha value is -1.06. The molecule has 3 heteroatoms. The zero-order valence-electron chi connectivity index (χ0n) is 11.2. The first-order chi connectivity index (χ1) is 8.19. The van der Waals surface area contributed by atoms with Crippen LogP contribution in [-0.4, -0.2) is 27.4 Å². The summed E-state index contributed by atoms with van der Waals surface area (Å²) in [7, 11) is 3.44. The van der Waals surface area contributed by atoms with Crippen LogP contribution in [0.4, 0.5) is 0 Å². The summed E-state index contributed by atoms with van der Waals surface area (Å²) in [6.45, 7) is 6.00. The molecule has 0 fully saturated rings. The molecule has 1 atom stereocenters. The average molecular weight is 237 g/mol. The Morgan fingerprint density at radius 3 is 2.71 bits per heavy atom. The van der Waals surface area contributed by atoms with Gasteiger partial charge in [0, 0.05) is 25.3 Å². The van der Waals surface area contributed by atoms with E-state index < -0.39 is 0 Å². The highest BCUT2D eigenvalue weighted by Crippen LogP contribution is 2.25. The Bertz CT molecular complexity index is 339. The standard InChI is InChI=1S/C14H23NO2/c1-11-6-7-14(17-4)13(10-11)12(2)15-8-5-9-16-3/h6-7,10,12,15H,5,8-9H2,1-4H3. The summed E-state index contributed by atoms with van der Waals surface area (Å²) >= 11 is 0. The third-order valence-electron chi connectivity index (χ3n) is 2.83. The van der Waals surface area contributed by atoms with Crippen LogP contribution in [0.5, 0.6) is 5.75 Å². The van der Waals surface area contributed by atoms with Gasteiger partial charge in [-0.25, -0.2) is 0 Å². The van der Waals surface area contributed by atoms with Gasteiger partial charge in [0.05, 0.1) is 7.11 Å². The van der Waals surface area contributed by atoms with Crippen LogP contribution >= 0.6 is 0 Å². The van der Waals surface area contributed by atoms with Crippen molar-refractivity contribution in [1.82, 2.24) is 5.32 Å². The second-order valence-electron chi connectivity index (χ2n) is 4.27. The van der Waals surface area contributed by atoms with Gasteiger partial charge in [-0.05, 0) is 32.9 Å². The molecule has 3 nitrogen and oxygen atoms in total. The highest BCUT2D eigenvalue weighted by molar-refractivity contribution is 5.38. The number of hydrogen-bond donors (Lipinski definition) is 1. The number of hydrogen-bond acceptors (Lipinski definition) is 3. The Morgan fingerprint density at radius 1 is 1.29 bits per heavy atom. The Balaban J connectivity index is 2.60. The molecule has 1 unspecified atom stereocenters. The van der Waals surface area contributed by atoms with E-state index in [4.69, 9.17) is 9.47 Å². The smallest absolute Gasteiger partial charge is 0.123 e. The van der Waals surface area contributed by atoms with E-state index >= 15 is 0 Å². The van der Waals surface area contributed by atoms with Crippen LogP contribution in [0.3, 0.4) is 0 Å². The molecule has 96 valence electrons. The number of ether oxygens (including phenoxy) is 2. The van der Waals surface area contributed by atoms with E-state index in [0.717, 1.165) is 25.3 Å². The van der Waals surface area contributed by atoms with E-state index in [0.29, 0.717) is 6.04 Å². The number of aryl methyl sites for hydroxylation is 1. The molecule has 0 saturated heterocycles. The molecule has 0 amide bonds. The summed E-state index contributed by atoms with van der Waals surface area (Å²) in [5, 5.41) is 3.48. The van der Waals surface area contributed by atoms with Crippen LogP contribution in [0.15, 0.2) is 18.2 Å². The van der Waals surface area contributed by atoms with Crippen LogP contribution in [-0.2, 0) is 4.74 Å². The fourth-order valence-corrected chi connectivity index (χ4v) is 1.84. The maximum Gasteiger partial charge on any atom is 0.123 e. The third-order valence-corrected chi connectivity index (χ3v) is 2.83. The molecule has 17 heavy (non-hydrogen) atoms. The lowest BCUT2D eigenvalue weighted by Gasteiger charge is -2.17. The van der Waals surface area contributed by atoms with Crippen molar-refractivity contribution in [3.05, 3.63) is 29.3 Å². The van der Waals surface area contributed by atoms with Crippen molar-refractivity contribution in [2.45, 2.75) is 26.3 Å². The summed E-state index contributed by atoms with van der Waals surface area (Å²) in [6.07, 6.45) is 1.02. The Morgan fingerprint density at radius 2 is 2.06 bits per heavy atom. The number of benzene rings is 1. The topological polar surface area (TPSA) is 30.5 Å². The summed E-state index contributed by atoms with van der Waals surface area (Å²) in [5.74, 6) is 0.947. The fraction of sp³-hybridized carbons (Fsp3) is 0.571. The summed E-state index contributed by atoms with van der Waals surface area (Å²) in [5.41, 5.74) is 2.47. The van der Waals surface area contributed by atoms with E-state index in [1.165, 1.54) is 11.1 Å². The van der Waals surface area contributed by atoms with Crippen molar-refractivity contribution in [2.24, 2.45) is 0 Å². The molecule has 1 rings (SSSR count). The van der Waals surface area contributed by atoms with Gasteiger partial charge in [-0.1, -0.05) is 17.7 Å². The van der Waals surface area contributed by atoms with Crippen LogP contribution in [0, 0.1) is 6.92 Å². The molecule has 0 aromatic heterocycles. The minimum absolute atomic E-state index is 0.293. The van der Waals surface area contributed by atoms with Gasteiger partial charge in [0.25, 0.3) is 0 Å². The highest BCUT2D eigenvalue weighted by atomic mass is 16.5. The SMILES string of the molecule is COCCCNC(C)c1cc(C)ccc1OC. The van der Waals surface area contributed by atoms with Gasteiger partial charge in [0.1, 0.15) is 5.75 Å². The third kappa shape index (κ3) is 4.36. The fourth-order valence-electron chi connectivity index (χ4n) is 1.84. The molecule has 0 aliphatic rings. The molecule has 0 bridgehead atoms. The van der Waals surface area contributed by atoms with Gasteiger partial charge in [0.15, 0.2) is 0 Å². The second kappa shape index (κ2) is 7.30. The normalized spacial score (nSPS) is 12.5. The maximum atomic E-state index is 5.38. The van der Waals surface area contributed by atoms with Crippen molar-refractivity contribution < 1.29 is 9.47 Å². The average Bonchev–Trinajstić information content (AvgIpc) is 2.34. The van der Waals surface area contributed by atoms with Gasteiger partial charge in [0.2, 0.25) is 0 Å². The van der Waals surface area contributed by atoms with Crippen LogP contribution in [0.1, 0.15) is 30.5 Å². The number of nitrogens with one attached hydrogen (secondary N) is 1. The van der Waals surface area contributed by atoms with Gasteiger partial charge in [-0.3, -0.25) is 0 Å². The quantitative estimate of drug-likeness (QED) is 0.740. The maximum absolute atomic E-state index is 5.38. The molecule has 1 aromatic rings. The highest BCUT2D eigenvalue weighted by Gasteiger charge is 2.10. The van der Waals surface area contributed by atoms with Crippen LogP contribution < -0.4 is 10.1 Å². The summed E-state index contributed by atoms with van der Waals surface area (Å²) < 4.78 is 10.4. The van der Waals surface area contributed by atoms with Crippen molar-refractivity contribution in [2.75, 3.05) is 27.4 Å². The minimum atomic E-state index is 0.293. The largest absolute Gasteiger partial charge is 0.496 e. The van der Waals surface area contributed by atoms with E-state index in [2.05, 4.69) is 31.3 Å². The molecule has 0 saturated carbocycles. The molecule has 0 radical (unpaired) electrons. The molecule has 0 spiro atoms. The van der Waals surface area contributed by atoms with Crippen molar-refractivity contribution in [1.29, 1.82) is 0 Å². The van der Waals surface area contributed by atoms with Gasteiger partial charge in [-0.2, -0.15) is 0 Å². The first-order valence-electron chi connectivity index (χ1n) is 6.06. The zero-order chi connectivity index (χ0) is 12.7. The second-order valence-corrected chi connectivity index (χ2v) is 4.27. The zero-order valence-corrected chi connectivity index (χ0v) is 11.2. The first kappa shape index (κ1) is 14.0. The Labute approximate surface area is 104 Å². The van der Waals surface area contributed by atoms with E-state index in [1.807, 2.05) is 6.07 Å². The molecule has 0 aliphatic heterocycles. The summed E-state index contributed by atoms with van der Waals surface area (Å²) in [4.78, 5) is 0. The van der Waals surface area contributed by atoms with E-state index in [9.17, 15) is 0 Å². The van der Waals surface area contributed by atoms with Crippen LogP contribution in [0.25, 0.3) is 0 Å². The van der Waals surface area contributed by atoms with Crippen molar-refractivity contribution in [3.8, 4) is 5.75 Å². The van der Waals surface area contributed by atoms with Gasteiger partial charge >= 0.3 is 0 Å². The molecule has 0 aliphatic carbocycles. The molecular formula is C14H23NO2. The van der Waals surface area contributed by atoms with E-state index in [1.54, 1.807) is 14.2 Å². The summed E-state index contributed by atoms with van der Waals surface area (Å²) in [6, 6.07) is 6.56. The predicted octanol–water partition coefficient (Wildman–Crippen LogP) is 2.69. The van der Waals surface area contributed by atoms with Gasteiger partial charge < -0.3 is 14.8 Å². The van der Waals surface area contributed by atoms with Crippen molar-refractivity contribution >= 4 is 0 Å². The molecule has 1 N–H and O–H groups in total. The monoisotopic (exact) mass is 237 g/mol. The lowest BCUT2D eigenvalue weighted by atomic mass is 10.0. The molecule has 1 aromatic carbocycles. The number of methoxy groups -OCH3 is 2. The minimum Gasteiger partial charge on any atom is -0.496 e. The van der Waals surface area contributed by atoms with Crippen LogP contribution in [0.2, 0.25) is 0 Å². The molecule has 0 heterocycles. The first-order valence-corrected chi connectivity index (χ1v) is 6.06. The number of rotatable bonds is 7.